The van der Waals surface area contributed by atoms with E-state index in [1.54, 1.807) is 36.4 Å². The van der Waals surface area contributed by atoms with Gasteiger partial charge in [0.2, 0.25) is 0 Å². The van der Waals surface area contributed by atoms with Crippen LogP contribution in [-0.2, 0) is 6.54 Å². The molecule has 2 aliphatic rings. The van der Waals surface area contributed by atoms with Crippen LogP contribution in [0.15, 0.2) is 108 Å². The van der Waals surface area contributed by atoms with Crippen molar-refractivity contribution in [3.63, 3.8) is 0 Å². The number of hydrogen-bond acceptors (Lipinski definition) is 3. The average molecular weight is 404 g/mol. The lowest BCUT2D eigenvalue weighted by Gasteiger charge is -2.36. The summed E-state index contributed by atoms with van der Waals surface area (Å²) in [6, 6.07) is 23.8. The monoisotopic (exact) mass is 404 g/mol. The van der Waals surface area contributed by atoms with Crippen molar-refractivity contribution in [2.75, 3.05) is 0 Å². The Kier molecular flexibility index (Phi) is 4.89. The van der Waals surface area contributed by atoms with Crippen LogP contribution in [0.2, 0.25) is 0 Å². The Bertz CT molecular complexity index is 1240. The van der Waals surface area contributed by atoms with Crippen LogP contribution in [0.25, 0.3) is 0 Å². The van der Waals surface area contributed by atoms with E-state index in [1.165, 1.54) is 0 Å². The lowest BCUT2D eigenvalue weighted by atomic mass is 9.90. The fourth-order valence-corrected chi connectivity index (χ4v) is 4.02. The first-order valence-corrected chi connectivity index (χ1v) is 10.2. The van der Waals surface area contributed by atoms with Crippen LogP contribution in [0.4, 0.5) is 0 Å². The molecule has 0 bridgehead atoms. The first-order valence-electron chi connectivity index (χ1n) is 10.2. The molecule has 2 heterocycles. The number of rotatable bonds is 3. The van der Waals surface area contributed by atoms with Crippen LogP contribution < -0.4 is 0 Å². The minimum absolute atomic E-state index is 0.0669. The van der Waals surface area contributed by atoms with Gasteiger partial charge in [-0.2, -0.15) is 0 Å². The van der Waals surface area contributed by atoms with Gasteiger partial charge in [-0.3, -0.25) is 9.59 Å². The number of benzene rings is 3. The van der Waals surface area contributed by atoms with E-state index in [0.717, 1.165) is 23.4 Å². The van der Waals surface area contributed by atoms with E-state index in [0.29, 0.717) is 16.7 Å². The predicted octanol–water partition coefficient (Wildman–Crippen LogP) is 4.81. The van der Waals surface area contributed by atoms with Crippen LogP contribution in [-0.4, -0.2) is 28.3 Å². The zero-order valence-electron chi connectivity index (χ0n) is 16.8. The minimum Gasteiger partial charge on any atom is -0.361 e. The Morgan fingerprint density at radius 2 is 1.45 bits per heavy atom. The summed E-state index contributed by atoms with van der Waals surface area (Å²) >= 11 is 0. The summed E-state index contributed by atoms with van der Waals surface area (Å²) in [5.74, 6) is -0.379. The summed E-state index contributed by atoms with van der Waals surface area (Å²) in [5, 5.41) is 0. The SMILES string of the molecule is O=C(N=C1c2ccccc2CN2C=CC=CC12)c1ccc(C(=O)c2ccccc2)cc1. The molecule has 3 aromatic rings. The molecule has 0 fully saturated rings. The molecule has 1 atom stereocenters. The first kappa shape index (κ1) is 18.9. The summed E-state index contributed by atoms with van der Waals surface area (Å²) < 4.78 is 0. The highest BCUT2D eigenvalue weighted by Gasteiger charge is 2.30. The molecule has 0 aliphatic carbocycles. The molecule has 3 aromatic carbocycles. The molecule has 0 aromatic heterocycles. The molecule has 2 aliphatic heterocycles. The Hall–Kier alpha value is -4.05. The molecular weight excluding hydrogens is 384 g/mol. The third-order valence-corrected chi connectivity index (χ3v) is 5.62. The molecule has 5 rings (SSSR count). The molecule has 150 valence electrons. The number of aliphatic imine (C=N–C) groups is 1. The highest BCUT2D eigenvalue weighted by atomic mass is 16.1. The van der Waals surface area contributed by atoms with Gasteiger partial charge in [0.1, 0.15) is 0 Å². The van der Waals surface area contributed by atoms with Crippen LogP contribution >= 0.6 is 0 Å². The van der Waals surface area contributed by atoms with Crippen molar-refractivity contribution in [3.8, 4) is 0 Å². The lowest BCUT2D eigenvalue weighted by Crippen LogP contribution is -2.42. The molecule has 4 nitrogen and oxygen atoms in total. The van der Waals surface area contributed by atoms with Crippen LogP contribution in [0, 0.1) is 0 Å². The Labute approximate surface area is 180 Å². The molecule has 31 heavy (non-hydrogen) atoms. The first-order chi connectivity index (χ1) is 15.2. The van der Waals surface area contributed by atoms with Gasteiger partial charge in [0.25, 0.3) is 5.91 Å². The van der Waals surface area contributed by atoms with E-state index in [-0.39, 0.29) is 17.7 Å². The standard InChI is InChI=1S/C27H20N2O2/c30-26(19-8-2-1-3-9-19)20-13-15-21(16-14-20)27(31)28-25-23-11-5-4-10-22(23)18-29-17-7-6-12-24(25)29/h1-17,24H,18H2. The van der Waals surface area contributed by atoms with Crippen molar-refractivity contribution in [3.05, 3.63) is 131 Å². The number of nitrogens with zero attached hydrogens (tertiary/aromatic N) is 2. The van der Waals surface area contributed by atoms with Crippen LogP contribution in [0.5, 0.6) is 0 Å². The van der Waals surface area contributed by atoms with E-state index < -0.39 is 0 Å². The Morgan fingerprint density at radius 3 is 2.26 bits per heavy atom. The second kappa shape index (κ2) is 8.00. The second-order valence-corrected chi connectivity index (χ2v) is 7.58. The minimum atomic E-state index is -0.312. The van der Waals surface area contributed by atoms with Gasteiger partial charge in [-0.15, -0.1) is 0 Å². The molecule has 0 saturated carbocycles. The maximum Gasteiger partial charge on any atom is 0.277 e. The number of allylic oxidation sites excluding steroid dienone is 2. The van der Waals surface area contributed by atoms with Gasteiger partial charge < -0.3 is 4.90 Å². The van der Waals surface area contributed by atoms with E-state index >= 15 is 0 Å². The smallest absolute Gasteiger partial charge is 0.277 e. The van der Waals surface area contributed by atoms with E-state index in [4.69, 9.17) is 0 Å². The zero-order chi connectivity index (χ0) is 21.2. The largest absolute Gasteiger partial charge is 0.361 e. The normalized spacial score (nSPS) is 17.9. The van der Waals surface area contributed by atoms with Gasteiger partial charge >= 0.3 is 0 Å². The van der Waals surface area contributed by atoms with Gasteiger partial charge in [-0.05, 0) is 23.8 Å². The van der Waals surface area contributed by atoms with Crippen molar-refractivity contribution in [2.24, 2.45) is 4.99 Å². The van der Waals surface area contributed by atoms with Crippen molar-refractivity contribution in [1.82, 2.24) is 4.90 Å². The number of carbonyl (C=O) groups is 2. The summed E-state index contributed by atoms with van der Waals surface area (Å²) in [6.07, 6.45) is 8.07. The molecule has 0 spiro atoms. The molecular formula is C27H20N2O2. The van der Waals surface area contributed by atoms with E-state index in [1.807, 2.05) is 54.8 Å². The Balaban J connectivity index is 1.45. The second-order valence-electron chi connectivity index (χ2n) is 7.58. The van der Waals surface area contributed by atoms with Crippen LogP contribution in [0.3, 0.4) is 0 Å². The fraction of sp³-hybridized carbons (Fsp3) is 0.0741. The number of fused-ring (bicyclic) bond motifs is 2. The predicted molar refractivity (Wildman–Crippen MR) is 121 cm³/mol. The van der Waals surface area contributed by atoms with Gasteiger partial charge in [0.15, 0.2) is 5.78 Å². The highest BCUT2D eigenvalue weighted by molar-refractivity contribution is 6.15. The van der Waals surface area contributed by atoms with Crippen LogP contribution in [0.1, 0.15) is 37.4 Å². The van der Waals surface area contributed by atoms with Gasteiger partial charge in [0.05, 0.1) is 11.8 Å². The van der Waals surface area contributed by atoms with Crippen molar-refractivity contribution >= 4 is 17.4 Å². The fourth-order valence-electron chi connectivity index (χ4n) is 4.02. The maximum atomic E-state index is 13.0. The molecule has 4 heteroatoms. The molecule has 0 radical (unpaired) electrons. The van der Waals surface area contributed by atoms with Crippen molar-refractivity contribution < 1.29 is 9.59 Å². The molecule has 1 amide bonds. The quantitative estimate of drug-likeness (QED) is 0.589. The average Bonchev–Trinajstić information content (AvgIpc) is 2.84. The molecule has 1 unspecified atom stereocenters. The third-order valence-electron chi connectivity index (χ3n) is 5.62. The van der Waals surface area contributed by atoms with E-state index in [9.17, 15) is 9.59 Å². The highest BCUT2D eigenvalue weighted by Crippen LogP contribution is 2.27. The number of amides is 1. The topological polar surface area (TPSA) is 49.7 Å². The number of hydrogen-bond donors (Lipinski definition) is 0. The van der Waals surface area contributed by atoms with Gasteiger partial charge in [-0.1, -0.05) is 78.9 Å². The summed E-state index contributed by atoms with van der Waals surface area (Å²) in [5.41, 5.74) is 4.53. The zero-order valence-corrected chi connectivity index (χ0v) is 16.8. The summed E-state index contributed by atoms with van der Waals surface area (Å²) in [6.45, 7) is 0.783. The van der Waals surface area contributed by atoms with Crippen molar-refractivity contribution in [2.45, 2.75) is 12.6 Å². The van der Waals surface area contributed by atoms with Gasteiger partial charge in [-0.25, -0.2) is 4.99 Å². The number of carbonyl (C=O) groups excluding carboxylic acids is 2. The summed E-state index contributed by atoms with van der Waals surface area (Å²) in [7, 11) is 0. The maximum absolute atomic E-state index is 13.0. The summed E-state index contributed by atoms with van der Waals surface area (Å²) in [4.78, 5) is 32.3. The third kappa shape index (κ3) is 3.64. The number of ketones is 1. The van der Waals surface area contributed by atoms with Gasteiger partial charge in [0, 0.05) is 35.0 Å². The molecule has 0 saturated heterocycles. The lowest BCUT2D eigenvalue weighted by molar-refractivity contribution is 0.0998. The molecule has 0 N–H and O–H groups in total. The Morgan fingerprint density at radius 1 is 0.774 bits per heavy atom. The van der Waals surface area contributed by atoms with Crippen molar-refractivity contribution in [1.29, 1.82) is 0 Å². The van der Waals surface area contributed by atoms with E-state index in [2.05, 4.69) is 22.0 Å².